The van der Waals surface area contributed by atoms with E-state index in [0.717, 1.165) is 22.3 Å². The largest absolute Gasteiger partial charge is 0.490 e. The summed E-state index contributed by atoms with van der Waals surface area (Å²) in [7, 11) is 0. The highest BCUT2D eigenvalue weighted by Crippen LogP contribution is 2.34. The summed E-state index contributed by atoms with van der Waals surface area (Å²) in [5.74, 6) is -1.49. The van der Waals surface area contributed by atoms with Crippen molar-refractivity contribution in [3.8, 4) is 17.1 Å². The predicted molar refractivity (Wildman–Crippen MR) is 233 cm³/mol. The number of fused-ring (bicyclic) bond motifs is 1. The van der Waals surface area contributed by atoms with Crippen molar-refractivity contribution in [2.45, 2.75) is 76.5 Å². The van der Waals surface area contributed by atoms with Gasteiger partial charge in [-0.05, 0) is 75.4 Å². The molecule has 5 aromatic rings. The van der Waals surface area contributed by atoms with Crippen molar-refractivity contribution in [1.82, 2.24) is 35.4 Å². The first-order valence-electron chi connectivity index (χ1n) is 21.2. The fourth-order valence-electron chi connectivity index (χ4n) is 7.94. The minimum atomic E-state index is -4.62. The number of carbonyl (C=O) groups excluding carboxylic acids is 2. The van der Waals surface area contributed by atoms with E-state index >= 15 is 0 Å². The lowest BCUT2D eigenvalue weighted by atomic mass is 9.90. The summed E-state index contributed by atoms with van der Waals surface area (Å²) in [5, 5.41) is 35.8. The van der Waals surface area contributed by atoms with Gasteiger partial charge in [-0.15, -0.1) is 0 Å². The maximum absolute atomic E-state index is 14.0. The van der Waals surface area contributed by atoms with Crippen LogP contribution in [0.4, 0.5) is 13.2 Å². The quantitative estimate of drug-likeness (QED) is 0.0968. The van der Waals surface area contributed by atoms with Crippen LogP contribution in [0.3, 0.4) is 0 Å². The smallest absolute Gasteiger partial charge is 0.405 e. The number of carboxylic acids is 1. The number of amides is 2. The third-order valence-electron chi connectivity index (χ3n) is 11.4. The molecule has 5 heterocycles. The molecule has 5 N–H and O–H groups in total. The van der Waals surface area contributed by atoms with Crippen molar-refractivity contribution in [2.75, 3.05) is 39.3 Å². The van der Waals surface area contributed by atoms with Gasteiger partial charge in [0.15, 0.2) is 5.76 Å². The van der Waals surface area contributed by atoms with E-state index in [9.17, 15) is 37.8 Å². The number of piperazine rings is 1. The second kappa shape index (κ2) is 21.2. The second-order valence-electron chi connectivity index (χ2n) is 16.9. The lowest BCUT2D eigenvalue weighted by molar-refractivity contribution is -0.144. The Hall–Kier alpha value is -6.21. The van der Waals surface area contributed by atoms with E-state index in [1.54, 1.807) is 66.9 Å². The summed E-state index contributed by atoms with van der Waals surface area (Å²) in [4.78, 5) is 53.8. The number of aromatic carboxylic acids is 1. The third kappa shape index (κ3) is 13.0. The number of oxazole rings is 1. The molecule has 2 aromatic carbocycles. The summed E-state index contributed by atoms with van der Waals surface area (Å²) >= 11 is 0. The topological polar surface area (TPSA) is 203 Å². The maximum atomic E-state index is 14.0. The zero-order valence-corrected chi connectivity index (χ0v) is 36.5. The molecule has 0 unspecified atom stereocenters. The van der Waals surface area contributed by atoms with Crippen LogP contribution in [0.2, 0.25) is 0 Å². The number of pyridine rings is 2. The van der Waals surface area contributed by atoms with Gasteiger partial charge in [0.1, 0.15) is 31.0 Å². The molecule has 0 spiro atoms. The minimum absolute atomic E-state index is 0.00411. The van der Waals surface area contributed by atoms with Crippen molar-refractivity contribution >= 4 is 17.8 Å². The number of nitrogens with zero attached hydrogens (tertiary/aromatic N) is 5. The molecule has 0 bridgehead atoms. The number of alkyl halides is 3. The Labute approximate surface area is 374 Å². The number of aliphatic hydroxyl groups is 2. The number of ether oxygens (including phenoxy) is 1. The highest BCUT2D eigenvalue weighted by atomic mass is 19.4. The number of rotatable bonds is 14. The van der Waals surface area contributed by atoms with Gasteiger partial charge < -0.3 is 35.1 Å². The summed E-state index contributed by atoms with van der Waals surface area (Å²) in [5.41, 5.74) is 3.41. The van der Waals surface area contributed by atoms with Crippen LogP contribution in [0.5, 0.6) is 5.75 Å². The Morgan fingerprint density at radius 3 is 2.29 bits per heavy atom. The fraction of sp³-hybridized carbons (Fsp3) is 0.404. The van der Waals surface area contributed by atoms with Crippen molar-refractivity contribution in [1.29, 1.82) is 0 Å². The van der Waals surface area contributed by atoms with Gasteiger partial charge in [0, 0.05) is 68.0 Å². The number of halogens is 3. The SMILES string of the molecule is Cc1cncc(-c2cnc(C(C)(C)N3CCN(C[C@@H](O)C[C@@H](Cc4ccccc4)C(=O)N[C@H]4c5ccccc5OC[C@H]4O)[C@H](C(=O)NCC(F)(F)F)C3)o2)c1.Cc1cncc(C(=O)O)c1. The average molecular weight is 902 g/mol. The fourth-order valence-corrected chi connectivity index (χ4v) is 7.94. The number of carbonyl (C=O) groups is 3. The Balaban J connectivity index is 0.000000618. The normalized spacial score (nSPS) is 18.8. The van der Waals surface area contributed by atoms with Crippen LogP contribution in [0.15, 0.2) is 102 Å². The van der Waals surface area contributed by atoms with E-state index in [1.165, 1.54) is 6.20 Å². The van der Waals surface area contributed by atoms with Gasteiger partial charge in [0.2, 0.25) is 17.7 Å². The Morgan fingerprint density at radius 2 is 1.62 bits per heavy atom. The van der Waals surface area contributed by atoms with Gasteiger partial charge in [-0.1, -0.05) is 48.5 Å². The molecule has 5 atom stereocenters. The van der Waals surface area contributed by atoms with E-state index in [2.05, 4.69) is 20.3 Å². The third-order valence-corrected chi connectivity index (χ3v) is 11.4. The zero-order chi connectivity index (χ0) is 46.9. The molecular weight excluding hydrogens is 848 g/mol. The number of carboxylic acid groups (broad SMARTS) is 1. The molecule has 0 aliphatic carbocycles. The highest BCUT2D eigenvalue weighted by molar-refractivity contribution is 5.87. The summed E-state index contributed by atoms with van der Waals surface area (Å²) in [6.45, 7) is 6.48. The monoisotopic (exact) mass is 901 g/mol. The molecule has 0 radical (unpaired) electrons. The van der Waals surface area contributed by atoms with Gasteiger partial charge in [-0.3, -0.25) is 29.4 Å². The van der Waals surface area contributed by atoms with Gasteiger partial charge in [0.25, 0.3) is 0 Å². The molecule has 3 aromatic heterocycles. The van der Waals surface area contributed by atoms with Crippen molar-refractivity contribution in [2.24, 2.45) is 5.92 Å². The van der Waals surface area contributed by atoms with E-state index in [0.29, 0.717) is 29.5 Å². The number of benzene rings is 2. The molecule has 2 amide bonds. The Bertz CT molecular complexity index is 2400. The van der Waals surface area contributed by atoms with E-state index in [4.69, 9.17) is 14.3 Å². The van der Waals surface area contributed by atoms with Gasteiger partial charge >= 0.3 is 12.1 Å². The summed E-state index contributed by atoms with van der Waals surface area (Å²) in [6, 6.07) is 18.1. The zero-order valence-electron chi connectivity index (χ0n) is 36.5. The molecule has 0 saturated carbocycles. The first kappa shape index (κ1) is 48.3. The van der Waals surface area contributed by atoms with Gasteiger partial charge in [-0.2, -0.15) is 13.2 Å². The van der Waals surface area contributed by atoms with Crippen LogP contribution in [0, 0.1) is 19.8 Å². The number of hydrogen-bond donors (Lipinski definition) is 5. The van der Waals surface area contributed by atoms with Crippen LogP contribution >= 0.6 is 0 Å². The molecule has 15 nitrogen and oxygen atoms in total. The number of nitrogens with one attached hydrogen (secondary N) is 2. The molecule has 65 heavy (non-hydrogen) atoms. The van der Waals surface area contributed by atoms with Crippen molar-refractivity contribution in [3.05, 3.63) is 131 Å². The first-order chi connectivity index (χ1) is 30.9. The van der Waals surface area contributed by atoms with Crippen LogP contribution in [-0.4, -0.2) is 122 Å². The van der Waals surface area contributed by atoms with Crippen molar-refractivity contribution < 1.29 is 52.0 Å². The van der Waals surface area contributed by atoms with Gasteiger partial charge in [0.05, 0.1) is 29.4 Å². The molecular formula is C47H54F3N7O8. The molecule has 2 aliphatic heterocycles. The number of β-amino-alcohol motifs (C(OH)–C–C–N with tert-alkyl or cyclic N) is 1. The van der Waals surface area contributed by atoms with Crippen molar-refractivity contribution in [3.63, 3.8) is 0 Å². The minimum Gasteiger partial charge on any atom is -0.490 e. The lowest BCUT2D eigenvalue weighted by Crippen LogP contribution is -2.63. The second-order valence-corrected chi connectivity index (χ2v) is 16.9. The number of aliphatic hydroxyl groups excluding tert-OH is 2. The maximum Gasteiger partial charge on any atom is 0.405 e. The molecule has 2 aliphatic rings. The molecule has 346 valence electrons. The van der Waals surface area contributed by atoms with E-state index in [1.807, 2.05) is 67.4 Å². The van der Waals surface area contributed by atoms with Crippen LogP contribution in [0.25, 0.3) is 11.3 Å². The number of para-hydroxylation sites is 1. The van der Waals surface area contributed by atoms with Crippen LogP contribution in [0.1, 0.15) is 64.8 Å². The number of hydrogen-bond acceptors (Lipinski definition) is 12. The summed E-state index contributed by atoms with van der Waals surface area (Å²) < 4.78 is 51.6. The molecule has 1 fully saturated rings. The molecule has 7 rings (SSSR count). The average Bonchev–Trinajstić information content (AvgIpc) is 3.79. The first-order valence-corrected chi connectivity index (χ1v) is 21.2. The lowest BCUT2D eigenvalue weighted by Gasteiger charge is -2.46. The Kier molecular flexibility index (Phi) is 15.7. The van der Waals surface area contributed by atoms with Gasteiger partial charge in [-0.25, -0.2) is 9.78 Å². The number of aromatic nitrogens is 3. The van der Waals surface area contributed by atoms with Crippen LogP contribution in [-0.2, 0) is 21.5 Å². The van der Waals surface area contributed by atoms with E-state index in [-0.39, 0.29) is 50.6 Å². The molecule has 18 heteroatoms. The Morgan fingerprint density at radius 1 is 0.923 bits per heavy atom. The standard InChI is InChI=1S/C40H47F3N6O6.C7H7NO2/c1-25-15-28(19-44-18-25)34-20-45-38(55-34)39(2,3)49-14-13-48(31(22-49)37(53)46-24-40(41,42)43)21-29(50)17-27(16-26-9-5-4-6-10-26)36(52)47-35-30-11-7-8-12-33(30)54-23-32(35)51;1-5-2-6(7(9)10)4-8-3-5/h4-12,15,18-20,27,29,31-32,35,50-51H,13-14,16-17,21-24H2,1-3H3,(H,46,53)(H,47,52);2-4H,1H3,(H,9,10)/t27-,29+,31+,32-,35+;/m1./s1. The van der Waals surface area contributed by atoms with Crippen LogP contribution < -0.4 is 15.4 Å². The summed E-state index contributed by atoms with van der Waals surface area (Å²) in [6.07, 6.45) is 1.43. The number of aryl methyl sites for hydroxylation is 2. The van der Waals surface area contributed by atoms with E-state index < -0.39 is 60.3 Å². The molecule has 1 saturated heterocycles. The predicted octanol–water partition coefficient (Wildman–Crippen LogP) is 5.25. The highest BCUT2D eigenvalue weighted by Gasteiger charge is 2.43.